The van der Waals surface area contributed by atoms with Crippen LogP contribution in [0.25, 0.3) is 0 Å². The highest BCUT2D eigenvalue weighted by Crippen LogP contribution is 2.31. The third-order valence-corrected chi connectivity index (χ3v) is 2.72. The van der Waals surface area contributed by atoms with Crippen molar-refractivity contribution in [1.29, 1.82) is 0 Å². The number of hydrogen-bond acceptors (Lipinski definition) is 2. The molecule has 1 aliphatic rings. The van der Waals surface area contributed by atoms with E-state index >= 15 is 0 Å². The summed E-state index contributed by atoms with van der Waals surface area (Å²) in [7, 11) is 1.89. The van der Waals surface area contributed by atoms with E-state index in [0.717, 1.165) is 25.8 Å². The van der Waals surface area contributed by atoms with Crippen LogP contribution < -0.4 is 5.32 Å². The van der Waals surface area contributed by atoms with Crippen LogP contribution in [0, 0.1) is 11.8 Å². The first kappa shape index (κ1) is 10.9. The van der Waals surface area contributed by atoms with Gasteiger partial charge in [0, 0.05) is 0 Å². The van der Waals surface area contributed by atoms with Crippen LogP contribution in [0.4, 0.5) is 8.78 Å². The Kier molecular flexibility index (Phi) is 4.59. The molecule has 2 unspecified atom stereocenters. The van der Waals surface area contributed by atoms with Crippen LogP contribution >= 0.6 is 0 Å². The third-order valence-electron chi connectivity index (χ3n) is 2.72. The lowest BCUT2D eigenvalue weighted by molar-refractivity contribution is -0.140. The number of ether oxygens (including phenoxy) is 1. The van der Waals surface area contributed by atoms with Gasteiger partial charge < -0.3 is 10.1 Å². The van der Waals surface area contributed by atoms with Gasteiger partial charge in [-0.05, 0) is 38.3 Å². The van der Waals surface area contributed by atoms with Gasteiger partial charge in [-0.1, -0.05) is 6.42 Å². The predicted octanol–water partition coefficient (Wildman–Crippen LogP) is 1.86. The first-order valence-electron chi connectivity index (χ1n) is 4.78. The molecule has 0 radical (unpaired) electrons. The summed E-state index contributed by atoms with van der Waals surface area (Å²) in [5.74, 6) is 0.838. The smallest absolute Gasteiger partial charge is 0.323 e. The minimum Gasteiger partial charge on any atom is -0.323 e. The Labute approximate surface area is 77.6 Å². The fourth-order valence-electron chi connectivity index (χ4n) is 2.06. The first-order valence-corrected chi connectivity index (χ1v) is 4.78. The monoisotopic (exact) mass is 193 g/mol. The second-order valence-electron chi connectivity index (χ2n) is 3.60. The van der Waals surface area contributed by atoms with Crippen molar-refractivity contribution in [3.63, 3.8) is 0 Å². The van der Waals surface area contributed by atoms with Crippen LogP contribution in [-0.2, 0) is 4.74 Å². The number of hydrogen-bond donors (Lipinski definition) is 1. The molecule has 1 fully saturated rings. The molecule has 0 spiro atoms. The van der Waals surface area contributed by atoms with E-state index in [1.54, 1.807) is 0 Å². The van der Waals surface area contributed by atoms with Crippen LogP contribution in [0.2, 0.25) is 0 Å². The number of rotatable bonds is 5. The van der Waals surface area contributed by atoms with Crippen LogP contribution in [0.1, 0.15) is 19.3 Å². The Morgan fingerprint density at radius 1 is 1.38 bits per heavy atom. The summed E-state index contributed by atoms with van der Waals surface area (Å²) in [6, 6.07) is 0. The average Bonchev–Trinajstić information content (AvgIpc) is 2.49. The molecule has 0 aliphatic heterocycles. The molecule has 2 atom stereocenters. The largest absolute Gasteiger partial charge is 0.345 e. The molecule has 0 saturated heterocycles. The molecule has 1 aliphatic carbocycles. The van der Waals surface area contributed by atoms with E-state index in [9.17, 15) is 8.78 Å². The van der Waals surface area contributed by atoms with Crippen molar-refractivity contribution in [2.75, 3.05) is 20.2 Å². The minimum atomic E-state index is -2.61. The maximum atomic E-state index is 11.8. The molecular weight excluding hydrogens is 176 g/mol. The second-order valence-corrected chi connectivity index (χ2v) is 3.60. The molecule has 0 heterocycles. The zero-order valence-corrected chi connectivity index (χ0v) is 7.93. The zero-order chi connectivity index (χ0) is 9.68. The van der Waals surface area contributed by atoms with E-state index in [1.807, 2.05) is 7.05 Å². The van der Waals surface area contributed by atoms with E-state index in [1.165, 1.54) is 0 Å². The SMILES string of the molecule is CNCC1CCCC1COC(F)F. The standard InChI is InChI=1S/C9H17F2NO/c1-12-5-7-3-2-4-8(7)6-13-9(10)11/h7-9,12H,2-6H2,1H3. The van der Waals surface area contributed by atoms with E-state index in [0.29, 0.717) is 11.8 Å². The fraction of sp³-hybridized carbons (Fsp3) is 1.00. The van der Waals surface area contributed by atoms with Crippen molar-refractivity contribution in [2.45, 2.75) is 25.9 Å². The molecular formula is C9H17F2NO. The van der Waals surface area contributed by atoms with Crippen LogP contribution in [0.5, 0.6) is 0 Å². The summed E-state index contributed by atoms with van der Waals surface area (Å²) in [6.45, 7) is -1.49. The number of alkyl halides is 2. The van der Waals surface area contributed by atoms with E-state index in [-0.39, 0.29) is 6.61 Å². The Hall–Kier alpha value is -0.220. The van der Waals surface area contributed by atoms with Crippen LogP contribution in [0.3, 0.4) is 0 Å². The van der Waals surface area contributed by atoms with Gasteiger partial charge >= 0.3 is 6.61 Å². The number of halogens is 2. The van der Waals surface area contributed by atoms with Crippen molar-refractivity contribution >= 4 is 0 Å². The summed E-state index contributed by atoms with van der Waals surface area (Å²) in [6.07, 6.45) is 3.31. The van der Waals surface area contributed by atoms with Gasteiger partial charge in [-0.2, -0.15) is 8.78 Å². The number of nitrogens with one attached hydrogen (secondary N) is 1. The average molecular weight is 193 g/mol. The van der Waals surface area contributed by atoms with Gasteiger partial charge in [-0.15, -0.1) is 0 Å². The molecule has 0 amide bonds. The van der Waals surface area contributed by atoms with Crippen LogP contribution in [-0.4, -0.2) is 26.8 Å². The van der Waals surface area contributed by atoms with Gasteiger partial charge in [0.2, 0.25) is 0 Å². The maximum Gasteiger partial charge on any atom is 0.345 e. The lowest BCUT2D eigenvalue weighted by Crippen LogP contribution is -2.25. The molecule has 0 aromatic heterocycles. The Morgan fingerprint density at radius 3 is 2.69 bits per heavy atom. The Morgan fingerprint density at radius 2 is 2.08 bits per heavy atom. The van der Waals surface area contributed by atoms with Crippen molar-refractivity contribution in [3.05, 3.63) is 0 Å². The lowest BCUT2D eigenvalue weighted by Gasteiger charge is -2.18. The first-order chi connectivity index (χ1) is 6.24. The van der Waals surface area contributed by atoms with Crippen molar-refractivity contribution < 1.29 is 13.5 Å². The third kappa shape index (κ3) is 3.56. The summed E-state index contributed by atoms with van der Waals surface area (Å²) < 4.78 is 27.9. The predicted molar refractivity (Wildman–Crippen MR) is 46.7 cm³/mol. The maximum absolute atomic E-state index is 11.8. The summed E-state index contributed by atoms with van der Waals surface area (Å²) in [5, 5.41) is 3.08. The molecule has 4 heteroatoms. The lowest BCUT2D eigenvalue weighted by atomic mass is 9.97. The van der Waals surface area contributed by atoms with Gasteiger partial charge in [-0.25, -0.2) is 0 Å². The molecule has 78 valence electrons. The van der Waals surface area contributed by atoms with Gasteiger partial charge in [0.05, 0.1) is 6.61 Å². The second kappa shape index (κ2) is 5.50. The molecule has 2 nitrogen and oxygen atoms in total. The quantitative estimate of drug-likeness (QED) is 0.719. The van der Waals surface area contributed by atoms with E-state index in [4.69, 9.17) is 0 Å². The minimum absolute atomic E-state index is 0.212. The summed E-state index contributed by atoms with van der Waals surface area (Å²) in [4.78, 5) is 0. The van der Waals surface area contributed by atoms with Gasteiger partial charge in [0.15, 0.2) is 0 Å². The normalized spacial score (nSPS) is 28.6. The molecule has 1 N–H and O–H groups in total. The molecule has 0 aromatic rings. The van der Waals surface area contributed by atoms with E-state index < -0.39 is 6.61 Å². The van der Waals surface area contributed by atoms with Crippen LogP contribution in [0.15, 0.2) is 0 Å². The zero-order valence-electron chi connectivity index (χ0n) is 7.93. The van der Waals surface area contributed by atoms with E-state index in [2.05, 4.69) is 10.1 Å². The summed E-state index contributed by atoms with van der Waals surface area (Å²) in [5.41, 5.74) is 0. The highest BCUT2D eigenvalue weighted by atomic mass is 19.3. The topological polar surface area (TPSA) is 21.3 Å². The van der Waals surface area contributed by atoms with Gasteiger partial charge in [0.25, 0.3) is 0 Å². The Bertz CT molecular complexity index is 144. The fourth-order valence-corrected chi connectivity index (χ4v) is 2.06. The van der Waals surface area contributed by atoms with Crippen molar-refractivity contribution in [1.82, 2.24) is 5.32 Å². The molecule has 0 aromatic carbocycles. The highest BCUT2D eigenvalue weighted by Gasteiger charge is 2.27. The van der Waals surface area contributed by atoms with Gasteiger partial charge in [-0.3, -0.25) is 0 Å². The Balaban J connectivity index is 2.22. The molecule has 1 saturated carbocycles. The highest BCUT2D eigenvalue weighted by molar-refractivity contribution is 4.78. The molecule has 13 heavy (non-hydrogen) atoms. The van der Waals surface area contributed by atoms with Crippen molar-refractivity contribution in [3.8, 4) is 0 Å². The summed E-state index contributed by atoms with van der Waals surface area (Å²) >= 11 is 0. The molecule has 1 rings (SSSR count). The van der Waals surface area contributed by atoms with Crippen molar-refractivity contribution in [2.24, 2.45) is 11.8 Å². The van der Waals surface area contributed by atoms with Gasteiger partial charge in [0.1, 0.15) is 0 Å². The molecule has 0 bridgehead atoms.